The Bertz CT molecular complexity index is 801. The van der Waals surface area contributed by atoms with E-state index >= 15 is 0 Å². The SMILES string of the molecule is CN(C)c1ccc(-c2cc3cccc(C(=O)O)c3o2)cc1. The number of hydrogen-bond donors (Lipinski definition) is 1. The Labute approximate surface area is 122 Å². The summed E-state index contributed by atoms with van der Waals surface area (Å²) >= 11 is 0. The predicted molar refractivity (Wildman–Crippen MR) is 82.9 cm³/mol. The van der Waals surface area contributed by atoms with Crippen LogP contribution < -0.4 is 4.90 Å². The highest BCUT2D eigenvalue weighted by Crippen LogP contribution is 2.30. The van der Waals surface area contributed by atoms with Crippen LogP contribution in [0.1, 0.15) is 10.4 Å². The first kappa shape index (κ1) is 13.2. The number of hydrogen-bond acceptors (Lipinski definition) is 3. The highest BCUT2D eigenvalue weighted by atomic mass is 16.4. The van der Waals surface area contributed by atoms with Gasteiger partial charge in [0.1, 0.15) is 16.9 Å². The van der Waals surface area contributed by atoms with Crippen molar-refractivity contribution in [2.24, 2.45) is 0 Å². The molecule has 0 saturated carbocycles. The molecular formula is C17H15NO3. The Morgan fingerprint density at radius 3 is 2.43 bits per heavy atom. The van der Waals surface area contributed by atoms with E-state index in [4.69, 9.17) is 4.42 Å². The molecular weight excluding hydrogens is 266 g/mol. The van der Waals surface area contributed by atoms with Gasteiger partial charge in [0.25, 0.3) is 0 Å². The van der Waals surface area contributed by atoms with Crippen molar-refractivity contribution in [1.29, 1.82) is 0 Å². The molecule has 106 valence electrons. The van der Waals surface area contributed by atoms with E-state index in [1.54, 1.807) is 12.1 Å². The Kier molecular flexibility index (Phi) is 3.14. The molecule has 4 nitrogen and oxygen atoms in total. The molecule has 4 heteroatoms. The molecule has 0 radical (unpaired) electrons. The van der Waals surface area contributed by atoms with Gasteiger partial charge < -0.3 is 14.4 Å². The van der Waals surface area contributed by atoms with Crippen molar-refractivity contribution in [3.63, 3.8) is 0 Å². The number of para-hydroxylation sites is 1. The van der Waals surface area contributed by atoms with E-state index in [2.05, 4.69) is 0 Å². The summed E-state index contributed by atoms with van der Waals surface area (Å²) in [5.74, 6) is -0.312. The Morgan fingerprint density at radius 1 is 1.10 bits per heavy atom. The molecule has 0 spiro atoms. The fraction of sp³-hybridized carbons (Fsp3) is 0.118. The summed E-state index contributed by atoms with van der Waals surface area (Å²) in [5, 5.41) is 9.99. The molecule has 3 aromatic rings. The smallest absolute Gasteiger partial charge is 0.339 e. The summed E-state index contributed by atoms with van der Waals surface area (Å²) < 4.78 is 5.75. The molecule has 0 saturated heterocycles. The second-order valence-corrected chi connectivity index (χ2v) is 5.08. The Morgan fingerprint density at radius 2 is 1.81 bits per heavy atom. The van der Waals surface area contributed by atoms with Gasteiger partial charge in [-0.25, -0.2) is 4.79 Å². The first-order valence-corrected chi connectivity index (χ1v) is 6.60. The van der Waals surface area contributed by atoms with Gasteiger partial charge >= 0.3 is 5.97 Å². The molecule has 1 aromatic heterocycles. The monoisotopic (exact) mass is 281 g/mol. The molecule has 1 N–H and O–H groups in total. The minimum atomic E-state index is -0.982. The van der Waals surface area contributed by atoms with Crippen molar-refractivity contribution in [3.8, 4) is 11.3 Å². The second kappa shape index (κ2) is 4.98. The molecule has 3 rings (SSSR count). The zero-order valence-corrected chi connectivity index (χ0v) is 11.8. The predicted octanol–water partition coefficient (Wildman–Crippen LogP) is 3.86. The molecule has 0 aliphatic rings. The molecule has 2 aromatic carbocycles. The van der Waals surface area contributed by atoms with E-state index in [0.717, 1.165) is 16.6 Å². The average Bonchev–Trinajstić information content (AvgIpc) is 2.90. The molecule has 21 heavy (non-hydrogen) atoms. The van der Waals surface area contributed by atoms with Crippen molar-refractivity contribution in [2.75, 3.05) is 19.0 Å². The summed E-state index contributed by atoms with van der Waals surface area (Å²) in [6.07, 6.45) is 0. The number of carboxylic acids is 1. The summed E-state index contributed by atoms with van der Waals surface area (Å²) in [5.41, 5.74) is 2.62. The van der Waals surface area contributed by atoms with E-state index in [9.17, 15) is 9.90 Å². The van der Waals surface area contributed by atoms with Crippen LogP contribution in [0.25, 0.3) is 22.3 Å². The maximum Gasteiger partial charge on any atom is 0.339 e. The largest absolute Gasteiger partial charge is 0.478 e. The summed E-state index contributed by atoms with van der Waals surface area (Å²) in [6.45, 7) is 0. The number of fused-ring (bicyclic) bond motifs is 1. The van der Waals surface area contributed by atoms with Crippen LogP contribution in [-0.2, 0) is 0 Å². The number of furan rings is 1. The number of carboxylic acid groups (broad SMARTS) is 1. The summed E-state index contributed by atoms with van der Waals surface area (Å²) in [6, 6.07) is 14.9. The maximum atomic E-state index is 11.2. The molecule has 0 atom stereocenters. The van der Waals surface area contributed by atoms with Crippen molar-refractivity contribution < 1.29 is 14.3 Å². The van der Waals surface area contributed by atoms with E-state index in [-0.39, 0.29) is 5.56 Å². The molecule has 0 aliphatic heterocycles. The highest BCUT2D eigenvalue weighted by Gasteiger charge is 2.14. The van der Waals surface area contributed by atoms with Crippen molar-refractivity contribution in [1.82, 2.24) is 0 Å². The van der Waals surface area contributed by atoms with Crippen LogP contribution in [0, 0.1) is 0 Å². The van der Waals surface area contributed by atoms with Crippen LogP contribution in [0.3, 0.4) is 0 Å². The van der Waals surface area contributed by atoms with Crippen molar-refractivity contribution >= 4 is 22.6 Å². The van der Waals surface area contributed by atoms with Gasteiger partial charge in [0, 0.05) is 30.7 Å². The lowest BCUT2D eigenvalue weighted by atomic mass is 10.1. The number of nitrogens with zero attached hydrogens (tertiary/aromatic N) is 1. The maximum absolute atomic E-state index is 11.2. The van der Waals surface area contributed by atoms with Gasteiger partial charge in [-0.2, -0.15) is 0 Å². The molecule has 0 aliphatic carbocycles. The van der Waals surface area contributed by atoms with E-state index in [1.165, 1.54) is 0 Å². The minimum absolute atomic E-state index is 0.184. The lowest BCUT2D eigenvalue weighted by Crippen LogP contribution is -2.07. The van der Waals surface area contributed by atoms with Crippen LogP contribution in [0.2, 0.25) is 0 Å². The summed E-state index contributed by atoms with van der Waals surface area (Å²) in [4.78, 5) is 13.2. The van der Waals surface area contributed by atoms with E-state index in [1.807, 2.05) is 55.4 Å². The van der Waals surface area contributed by atoms with Crippen LogP contribution in [0.5, 0.6) is 0 Å². The van der Waals surface area contributed by atoms with Crippen LogP contribution >= 0.6 is 0 Å². The van der Waals surface area contributed by atoms with Gasteiger partial charge in [0.05, 0.1) is 0 Å². The zero-order valence-electron chi connectivity index (χ0n) is 11.8. The third kappa shape index (κ3) is 2.36. The third-order valence-electron chi connectivity index (χ3n) is 3.44. The van der Waals surface area contributed by atoms with E-state index < -0.39 is 5.97 Å². The van der Waals surface area contributed by atoms with Crippen molar-refractivity contribution in [2.45, 2.75) is 0 Å². The van der Waals surface area contributed by atoms with Gasteiger partial charge in [0.15, 0.2) is 0 Å². The average molecular weight is 281 g/mol. The van der Waals surface area contributed by atoms with Crippen LogP contribution in [0.15, 0.2) is 52.9 Å². The van der Waals surface area contributed by atoms with Gasteiger partial charge in [-0.1, -0.05) is 12.1 Å². The molecule has 0 bridgehead atoms. The van der Waals surface area contributed by atoms with Crippen molar-refractivity contribution in [3.05, 3.63) is 54.1 Å². The first-order chi connectivity index (χ1) is 10.1. The summed E-state index contributed by atoms with van der Waals surface area (Å²) in [7, 11) is 3.96. The highest BCUT2D eigenvalue weighted by molar-refractivity contribution is 6.02. The number of carbonyl (C=O) groups is 1. The van der Waals surface area contributed by atoms with Gasteiger partial charge in [-0.3, -0.25) is 0 Å². The fourth-order valence-corrected chi connectivity index (χ4v) is 2.30. The quantitative estimate of drug-likeness (QED) is 0.792. The Balaban J connectivity index is 2.09. The number of rotatable bonds is 3. The lowest BCUT2D eigenvalue weighted by Gasteiger charge is -2.11. The number of benzene rings is 2. The first-order valence-electron chi connectivity index (χ1n) is 6.60. The standard InChI is InChI=1S/C17H15NO3/c1-18(2)13-8-6-11(7-9-13)15-10-12-4-3-5-14(17(19)20)16(12)21-15/h3-10H,1-2H3,(H,19,20). The number of anilines is 1. The Hall–Kier alpha value is -2.75. The van der Waals surface area contributed by atoms with Crippen LogP contribution in [-0.4, -0.2) is 25.2 Å². The van der Waals surface area contributed by atoms with Gasteiger partial charge in [-0.05, 0) is 36.4 Å². The fourth-order valence-electron chi connectivity index (χ4n) is 2.30. The van der Waals surface area contributed by atoms with Gasteiger partial charge in [-0.15, -0.1) is 0 Å². The van der Waals surface area contributed by atoms with Crippen LogP contribution in [0.4, 0.5) is 5.69 Å². The minimum Gasteiger partial charge on any atom is -0.478 e. The van der Waals surface area contributed by atoms with E-state index in [0.29, 0.717) is 11.3 Å². The molecule has 0 unspecified atom stereocenters. The molecule has 1 heterocycles. The topological polar surface area (TPSA) is 53.7 Å². The third-order valence-corrected chi connectivity index (χ3v) is 3.44. The zero-order chi connectivity index (χ0) is 15.0. The van der Waals surface area contributed by atoms with Gasteiger partial charge in [0.2, 0.25) is 0 Å². The lowest BCUT2D eigenvalue weighted by molar-refractivity contribution is 0.0698. The second-order valence-electron chi connectivity index (χ2n) is 5.08. The number of aromatic carboxylic acids is 1. The normalized spacial score (nSPS) is 10.8. The molecule has 0 amide bonds. The molecule has 0 fully saturated rings.